The van der Waals surface area contributed by atoms with E-state index in [0.29, 0.717) is 11.1 Å². The molecule has 1 aliphatic heterocycles. The zero-order valence-electron chi connectivity index (χ0n) is 17.5. The fourth-order valence-electron chi connectivity index (χ4n) is 3.50. The molecule has 0 saturated carbocycles. The molecule has 3 rings (SSSR count). The Hall–Kier alpha value is -2.96. The molecule has 0 bridgehead atoms. The van der Waals surface area contributed by atoms with Gasteiger partial charge in [-0.1, -0.05) is 32.0 Å². The van der Waals surface area contributed by atoms with Gasteiger partial charge in [-0.05, 0) is 35.9 Å². The number of hydrogen-bond acceptors (Lipinski definition) is 4. The Kier molecular flexibility index (Phi) is 6.62. The van der Waals surface area contributed by atoms with Gasteiger partial charge in [0, 0.05) is 38.1 Å². The lowest BCUT2D eigenvalue weighted by Crippen LogP contribution is -2.54. The van der Waals surface area contributed by atoms with Gasteiger partial charge in [0.1, 0.15) is 5.82 Å². The molecule has 0 aliphatic carbocycles. The number of piperazine rings is 1. The van der Waals surface area contributed by atoms with E-state index in [0.717, 1.165) is 0 Å². The molecule has 2 aromatic rings. The van der Waals surface area contributed by atoms with Crippen molar-refractivity contribution in [2.45, 2.75) is 24.2 Å². The van der Waals surface area contributed by atoms with Gasteiger partial charge in [-0.2, -0.15) is 9.57 Å². The van der Waals surface area contributed by atoms with E-state index in [1.165, 1.54) is 34.6 Å². The number of carbonyl (C=O) groups is 1. The standard InChI is InChI=1S/C22H25FN4O3S/c1-22(2,19-5-3-4-6-20(19)23)16-25-21(28)26-11-13-27(14-12-26)31(29,30)18-9-7-17(15-24)8-10-18/h3-10H,11-14,16H2,1-2H3,(H,25,28). The van der Waals surface area contributed by atoms with Crippen LogP contribution in [0.25, 0.3) is 0 Å². The summed E-state index contributed by atoms with van der Waals surface area (Å²) < 4.78 is 41.0. The van der Waals surface area contributed by atoms with E-state index >= 15 is 0 Å². The Balaban J connectivity index is 1.57. The highest BCUT2D eigenvalue weighted by molar-refractivity contribution is 7.89. The van der Waals surface area contributed by atoms with Crippen LogP contribution in [0.15, 0.2) is 53.4 Å². The third kappa shape index (κ3) is 5.03. The quantitative estimate of drug-likeness (QED) is 0.767. The molecule has 1 heterocycles. The molecule has 0 spiro atoms. The second kappa shape index (κ2) is 9.04. The summed E-state index contributed by atoms with van der Waals surface area (Å²) in [6.07, 6.45) is 0. The maximum Gasteiger partial charge on any atom is 0.317 e. The predicted octanol–water partition coefficient (Wildman–Crippen LogP) is 2.69. The van der Waals surface area contributed by atoms with Crippen LogP contribution in [-0.4, -0.2) is 56.4 Å². The second-order valence-electron chi connectivity index (χ2n) is 8.05. The smallest absolute Gasteiger partial charge is 0.317 e. The molecule has 1 fully saturated rings. The van der Waals surface area contributed by atoms with Crippen molar-refractivity contribution < 1.29 is 17.6 Å². The van der Waals surface area contributed by atoms with Gasteiger partial charge >= 0.3 is 6.03 Å². The highest BCUT2D eigenvalue weighted by Gasteiger charge is 2.31. The van der Waals surface area contributed by atoms with Gasteiger partial charge in [0.15, 0.2) is 0 Å². The molecule has 1 N–H and O–H groups in total. The summed E-state index contributed by atoms with van der Waals surface area (Å²) in [5, 5.41) is 11.7. The van der Waals surface area contributed by atoms with E-state index < -0.39 is 15.4 Å². The van der Waals surface area contributed by atoms with Crippen molar-refractivity contribution in [3.05, 3.63) is 65.5 Å². The van der Waals surface area contributed by atoms with E-state index in [1.54, 1.807) is 23.1 Å². The fourth-order valence-corrected chi connectivity index (χ4v) is 4.92. The Morgan fingerprint density at radius 1 is 1.10 bits per heavy atom. The lowest BCUT2D eigenvalue weighted by Gasteiger charge is -2.35. The minimum absolute atomic E-state index is 0.121. The Labute approximate surface area is 182 Å². The topological polar surface area (TPSA) is 93.5 Å². The van der Waals surface area contributed by atoms with E-state index in [1.807, 2.05) is 19.9 Å². The van der Waals surface area contributed by atoms with Crippen molar-refractivity contribution in [2.75, 3.05) is 32.7 Å². The van der Waals surface area contributed by atoms with Crippen LogP contribution < -0.4 is 5.32 Å². The molecule has 0 atom stereocenters. The van der Waals surface area contributed by atoms with Gasteiger partial charge in [0.25, 0.3) is 0 Å². The minimum atomic E-state index is -3.69. The summed E-state index contributed by atoms with van der Waals surface area (Å²) in [7, 11) is -3.69. The van der Waals surface area contributed by atoms with E-state index in [2.05, 4.69) is 5.32 Å². The van der Waals surface area contributed by atoms with Crippen LogP contribution in [0.2, 0.25) is 0 Å². The van der Waals surface area contributed by atoms with E-state index in [4.69, 9.17) is 5.26 Å². The number of urea groups is 1. The molecule has 7 nitrogen and oxygen atoms in total. The average Bonchev–Trinajstić information content (AvgIpc) is 2.78. The summed E-state index contributed by atoms with van der Waals surface area (Å²) in [6, 6.07) is 13.9. The van der Waals surface area contributed by atoms with Crippen LogP contribution >= 0.6 is 0 Å². The molecular weight excluding hydrogens is 419 g/mol. The zero-order valence-corrected chi connectivity index (χ0v) is 18.3. The summed E-state index contributed by atoms with van der Waals surface area (Å²) in [4.78, 5) is 14.3. The molecule has 0 radical (unpaired) electrons. The number of carbonyl (C=O) groups excluding carboxylic acids is 1. The number of sulfonamides is 1. The Morgan fingerprint density at radius 3 is 2.29 bits per heavy atom. The van der Waals surface area contributed by atoms with Crippen molar-refractivity contribution in [1.29, 1.82) is 5.26 Å². The first-order valence-corrected chi connectivity index (χ1v) is 11.4. The summed E-state index contributed by atoms with van der Waals surface area (Å²) in [6.45, 7) is 4.81. The first kappa shape index (κ1) is 22.7. The summed E-state index contributed by atoms with van der Waals surface area (Å²) >= 11 is 0. The van der Waals surface area contributed by atoms with E-state index in [9.17, 15) is 17.6 Å². The highest BCUT2D eigenvalue weighted by atomic mass is 32.2. The molecule has 9 heteroatoms. The number of nitrogens with zero attached hydrogens (tertiary/aromatic N) is 3. The average molecular weight is 445 g/mol. The van der Waals surface area contributed by atoms with E-state index in [-0.39, 0.29) is 49.5 Å². The van der Waals surface area contributed by atoms with Crippen molar-refractivity contribution in [1.82, 2.24) is 14.5 Å². The summed E-state index contributed by atoms with van der Waals surface area (Å²) in [5.74, 6) is -0.316. The van der Waals surface area contributed by atoms with Crippen LogP contribution in [0.1, 0.15) is 25.0 Å². The summed E-state index contributed by atoms with van der Waals surface area (Å²) in [5.41, 5.74) is 0.314. The largest absolute Gasteiger partial charge is 0.337 e. The van der Waals surface area contributed by atoms with Gasteiger partial charge in [-0.15, -0.1) is 0 Å². The van der Waals surface area contributed by atoms with Gasteiger partial charge in [0.2, 0.25) is 10.0 Å². The number of rotatable bonds is 5. The zero-order chi connectivity index (χ0) is 22.6. The molecule has 164 valence electrons. The van der Waals surface area contributed by atoms with Crippen LogP contribution in [0.4, 0.5) is 9.18 Å². The first-order chi connectivity index (χ1) is 14.6. The SMILES string of the molecule is CC(C)(CNC(=O)N1CCN(S(=O)(=O)c2ccc(C#N)cc2)CC1)c1ccccc1F. The highest BCUT2D eigenvalue weighted by Crippen LogP contribution is 2.25. The van der Waals surface area contributed by atoms with Crippen molar-refractivity contribution >= 4 is 16.1 Å². The number of nitriles is 1. The Morgan fingerprint density at radius 2 is 1.71 bits per heavy atom. The van der Waals surface area contributed by atoms with Crippen LogP contribution in [0.3, 0.4) is 0 Å². The first-order valence-electron chi connectivity index (χ1n) is 9.93. The Bertz CT molecular complexity index is 1090. The third-order valence-corrected chi connectivity index (χ3v) is 7.34. The lowest BCUT2D eigenvalue weighted by molar-refractivity contribution is 0.170. The maximum absolute atomic E-state index is 14.1. The van der Waals surface area contributed by atoms with Gasteiger partial charge in [-0.3, -0.25) is 0 Å². The molecule has 0 aromatic heterocycles. The van der Waals surface area contributed by atoms with Gasteiger partial charge in [0.05, 0.1) is 16.5 Å². The molecule has 1 saturated heterocycles. The van der Waals surface area contributed by atoms with Crippen LogP contribution in [0.5, 0.6) is 0 Å². The van der Waals surface area contributed by atoms with Crippen LogP contribution in [-0.2, 0) is 15.4 Å². The van der Waals surface area contributed by atoms with Crippen molar-refractivity contribution in [3.8, 4) is 6.07 Å². The number of halogens is 1. The van der Waals surface area contributed by atoms with Crippen molar-refractivity contribution in [2.24, 2.45) is 0 Å². The van der Waals surface area contributed by atoms with Crippen molar-refractivity contribution in [3.63, 3.8) is 0 Å². The van der Waals surface area contributed by atoms with Gasteiger partial charge < -0.3 is 10.2 Å². The molecular formula is C22H25FN4O3S. The van der Waals surface area contributed by atoms with Crippen LogP contribution in [0, 0.1) is 17.1 Å². The second-order valence-corrected chi connectivity index (χ2v) is 9.99. The monoisotopic (exact) mass is 444 g/mol. The predicted molar refractivity (Wildman–Crippen MR) is 114 cm³/mol. The minimum Gasteiger partial charge on any atom is -0.337 e. The number of benzene rings is 2. The molecule has 2 aromatic carbocycles. The third-order valence-electron chi connectivity index (χ3n) is 5.43. The number of hydrogen-bond donors (Lipinski definition) is 1. The number of amides is 2. The maximum atomic E-state index is 14.1. The molecule has 0 unspecified atom stereocenters. The number of nitrogens with one attached hydrogen (secondary N) is 1. The molecule has 2 amide bonds. The normalized spacial score (nSPS) is 15.4. The van der Waals surface area contributed by atoms with Gasteiger partial charge in [-0.25, -0.2) is 17.6 Å². The molecule has 1 aliphatic rings. The lowest BCUT2D eigenvalue weighted by atomic mass is 9.84. The fraction of sp³-hybridized carbons (Fsp3) is 0.364. The molecule has 31 heavy (non-hydrogen) atoms.